The summed E-state index contributed by atoms with van der Waals surface area (Å²) >= 11 is 0. The van der Waals surface area contributed by atoms with Crippen LogP contribution >= 0.6 is 0 Å². The Bertz CT molecular complexity index is 392. The Labute approximate surface area is 91.4 Å². The predicted molar refractivity (Wildman–Crippen MR) is 62.7 cm³/mol. The largest absolute Gasteiger partial charge is 0.277 e. The van der Waals surface area contributed by atoms with Crippen LogP contribution in [-0.4, -0.2) is 10.4 Å². The standard InChI is InChI=1S/C14H17N/c1-14(2,3)15-12-8-9-13(15)11-7-5-4-6-10(11)12/h4-9,12-13H,1-3H3. The number of fused-ring (bicyclic) bond motifs is 5. The fourth-order valence-electron chi connectivity index (χ4n) is 2.96. The molecule has 2 bridgehead atoms. The van der Waals surface area contributed by atoms with Gasteiger partial charge in [-0.1, -0.05) is 36.4 Å². The van der Waals surface area contributed by atoms with Crippen molar-refractivity contribution in [3.05, 3.63) is 47.5 Å². The smallest absolute Gasteiger partial charge is 0.0549 e. The number of hydrogen-bond donors (Lipinski definition) is 0. The van der Waals surface area contributed by atoms with Crippen molar-refractivity contribution < 1.29 is 0 Å². The average Bonchev–Trinajstić information content (AvgIpc) is 2.73. The molecule has 78 valence electrons. The number of rotatable bonds is 0. The van der Waals surface area contributed by atoms with Crippen LogP contribution in [0.5, 0.6) is 0 Å². The first kappa shape index (κ1) is 9.17. The van der Waals surface area contributed by atoms with Gasteiger partial charge < -0.3 is 0 Å². The second-order valence-corrected chi connectivity index (χ2v) is 5.48. The molecule has 0 saturated heterocycles. The van der Waals surface area contributed by atoms with Crippen LogP contribution in [0.1, 0.15) is 44.0 Å². The molecule has 0 fully saturated rings. The van der Waals surface area contributed by atoms with Crippen LogP contribution < -0.4 is 0 Å². The molecule has 0 N–H and O–H groups in total. The molecule has 1 aromatic carbocycles. The fourth-order valence-corrected chi connectivity index (χ4v) is 2.96. The number of nitrogens with zero attached hydrogens (tertiary/aromatic N) is 1. The zero-order valence-electron chi connectivity index (χ0n) is 9.57. The fraction of sp³-hybridized carbons (Fsp3) is 0.429. The van der Waals surface area contributed by atoms with Gasteiger partial charge >= 0.3 is 0 Å². The quantitative estimate of drug-likeness (QED) is 0.578. The molecule has 0 aliphatic carbocycles. The predicted octanol–water partition coefficient (Wildman–Crippen LogP) is 3.45. The van der Waals surface area contributed by atoms with Crippen LogP contribution in [0.15, 0.2) is 36.4 Å². The zero-order valence-corrected chi connectivity index (χ0v) is 9.57. The minimum atomic E-state index is 0.234. The Kier molecular flexibility index (Phi) is 1.67. The lowest BCUT2D eigenvalue weighted by molar-refractivity contribution is 0.106. The highest BCUT2D eigenvalue weighted by Gasteiger charge is 2.44. The molecule has 0 saturated carbocycles. The van der Waals surface area contributed by atoms with Gasteiger partial charge in [0.15, 0.2) is 0 Å². The molecule has 1 nitrogen and oxygen atoms in total. The topological polar surface area (TPSA) is 3.24 Å². The molecule has 1 heteroatoms. The van der Waals surface area contributed by atoms with Crippen LogP contribution in [0.25, 0.3) is 0 Å². The van der Waals surface area contributed by atoms with E-state index in [9.17, 15) is 0 Å². The summed E-state index contributed by atoms with van der Waals surface area (Å²) in [6, 6.07) is 9.84. The minimum Gasteiger partial charge on any atom is -0.277 e. The molecule has 2 unspecified atom stereocenters. The van der Waals surface area contributed by atoms with Gasteiger partial charge in [0.2, 0.25) is 0 Å². The maximum atomic E-state index is 2.59. The van der Waals surface area contributed by atoms with Gasteiger partial charge in [-0.15, -0.1) is 0 Å². The van der Waals surface area contributed by atoms with Crippen LogP contribution in [0.2, 0.25) is 0 Å². The molecule has 0 spiro atoms. The second-order valence-electron chi connectivity index (χ2n) is 5.48. The van der Waals surface area contributed by atoms with Crippen molar-refractivity contribution in [1.82, 2.24) is 4.90 Å². The summed E-state index contributed by atoms with van der Waals surface area (Å²) in [5.41, 5.74) is 3.23. The molecule has 15 heavy (non-hydrogen) atoms. The lowest BCUT2D eigenvalue weighted by Crippen LogP contribution is -2.39. The van der Waals surface area contributed by atoms with Crippen molar-refractivity contribution >= 4 is 0 Å². The molecule has 1 aromatic rings. The van der Waals surface area contributed by atoms with Crippen LogP contribution in [0, 0.1) is 0 Å². The van der Waals surface area contributed by atoms with E-state index in [1.807, 2.05) is 0 Å². The van der Waals surface area contributed by atoms with Crippen molar-refractivity contribution in [3.8, 4) is 0 Å². The van der Waals surface area contributed by atoms with Crippen molar-refractivity contribution in [1.29, 1.82) is 0 Å². The molecule has 0 amide bonds. The summed E-state index contributed by atoms with van der Waals surface area (Å²) in [5.74, 6) is 0. The van der Waals surface area contributed by atoms with E-state index >= 15 is 0 Å². The highest BCUT2D eigenvalue weighted by Crippen LogP contribution is 2.51. The van der Waals surface area contributed by atoms with Crippen LogP contribution in [0.4, 0.5) is 0 Å². The third-order valence-corrected chi connectivity index (χ3v) is 3.48. The van der Waals surface area contributed by atoms with E-state index in [0.717, 1.165) is 0 Å². The maximum absolute atomic E-state index is 2.59. The van der Waals surface area contributed by atoms with E-state index in [1.165, 1.54) is 11.1 Å². The SMILES string of the molecule is CC(C)(C)N1C2C=CC1c1ccccc12. The van der Waals surface area contributed by atoms with Gasteiger partial charge in [-0.3, -0.25) is 4.90 Å². The van der Waals surface area contributed by atoms with Crippen LogP contribution in [0.3, 0.4) is 0 Å². The molecule has 0 radical (unpaired) electrons. The molecule has 3 rings (SSSR count). The normalized spacial score (nSPS) is 28.5. The molecule has 2 aliphatic rings. The maximum Gasteiger partial charge on any atom is 0.0549 e. The molecule has 2 atom stereocenters. The summed E-state index contributed by atoms with van der Waals surface area (Å²) in [6.07, 6.45) is 4.69. The first-order valence-electron chi connectivity index (χ1n) is 5.64. The number of hydrogen-bond acceptors (Lipinski definition) is 1. The lowest BCUT2D eigenvalue weighted by atomic mass is 9.97. The van der Waals surface area contributed by atoms with E-state index in [-0.39, 0.29) is 5.54 Å². The van der Waals surface area contributed by atoms with Gasteiger partial charge in [0.1, 0.15) is 0 Å². The van der Waals surface area contributed by atoms with E-state index < -0.39 is 0 Å². The van der Waals surface area contributed by atoms with Crippen molar-refractivity contribution in [2.24, 2.45) is 0 Å². The average molecular weight is 199 g/mol. The minimum absolute atomic E-state index is 0.234. The second kappa shape index (κ2) is 2.73. The van der Waals surface area contributed by atoms with Gasteiger partial charge in [-0.25, -0.2) is 0 Å². The van der Waals surface area contributed by atoms with Gasteiger partial charge in [0, 0.05) is 5.54 Å². The van der Waals surface area contributed by atoms with E-state index in [4.69, 9.17) is 0 Å². The monoisotopic (exact) mass is 199 g/mol. The highest BCUT2D eigenvalue weighted by molar-refractivity contribution is 5.46. The lowest BCUT2D eigenvalue weighted by Gasteiger charge is -2.36. The number of benzene rings is 1. The summed E-state index contributed by atoms with van der Waals surface area (Å²) < 4.78 is 0. The first-order chi connectivity index (χ1) is 7.09. The van der Waals surface area contributed by atoms with Crippen LogP contribution in [-0.2, 0) is 0 Å². The molecular weight excluding hydrogens is 182 g/mol. The molecule has 0 aromatic heterocycles. The van der Waals surface area contributed by atoms with E-state index in [2.05, 4.69) is 62.1 Å². The van der Waals surface area contributed by atoms with E-state index in [0.29, 0.717) is 12.1 Å². The third kappa shape index (κ3) is 1.13. The van der Waals surface area contributed by atoms with Gasteiger partial charge in [-0.05, 0) is 31.9 Å². The Hall–Kier alpha value is -1.08. The Morgan fingerprint density at radius 2 is 1.40 bits per heavy atom. The van der Waals surface area contributed by atoms with Crippen molar-refractivity contribution in [2.75, 3.05) is 0 Å². The third-order valence-electron chi connectivity index (χ3n) is 3.48. The van der Waals surface area contributed by atoms with Crippen molar-refractivity contribution in [3.63, 3.8) is 0 Å². The van der Waals surface area contributed by atoms with Gasteiger partial charge in [0.05, 0.1) is 12.1 Å². The Morgan fingerprint density at radius 1 is 0.933 bits per heavy atom. The van der Waals surface area contributed by atoms with Gasteiger partial charge in [-0.2, -0.15) is 0 Å². The Morgan fingerprint density at radius 3 is 1.80 bits per heavy atom. The summed E-state index contributed by atoms with van der Waals surface area (Å²) in [7, 11) is 0. The zero-order chi connectivity index (χ0) is 10.6. The molecular formula is C14H17N. The molecule has 2 heterocycles. The van der Waals surface area contributed by atoms with Gasteiger partial charge in [0.25, 0.3) is 0 Å². The van der Waals surface area contributed by atoms with E-state index in [1.54, 1.807) is 0 Å². The summed E-state index contributed by atoms with van der Waals surface area (Å²) in [5, 5.41) is 0. The highest BCUT2D eigenvalue weighted by atomic mass is 15.3. The molecule has 2 aliphatic heterocycles. The van der Waals surface area contributed by atoms with Crippen molar-refractivity contribution in [2.45, 2.75) is 38.4 Å². The first-order valence-corrected chi connectivity index (χ1v) is 5.64. The summed E-state index contributed by atoms with van der Waals surface area (Å²) in [4.78, 5) is 2.59. The Balaban J connectivity index is 2.11. The summed E-state index contributed by atoms with van der Waals surface area (Å²) in [6.45, 7) is 6.89.